The van der Waals surface area contributed by atoms with Crippen molar-refractivity contribution in [3.63, 3.8) is 0 Å². The molecule has 0 saturated heterocycles. The Kier molecular flexibility index (Phi) is 5.26. The van der Waals surface area contributed by atoms with E-state index < -0.39 is 6.17 Å². The molecule has 1 aliphatic heterocycles. The molecule has 1 aromatic carbocycles. The van der Waals surface area contributed by atoms with Crippen molar-refractivity contribution >= 4 is 11.8 Å². The van der Waals surface area contributed by atoms with E-state index in [1.807, 2.05) is 56.6 Å². The maximum atomic E-state index is 13.8. The second-order valence-electron chi connectivity index (χ2n) is 7.53. The third kappa shape index (κ3) is 4.43. The first-order valence-corrected chi connectivity index (χ1v) is 9.78. The van der Waals surface area contributed by atoms with Crippen molar-refractivity contribution in [1.82, 2.24) is 4.98 Å². The molecule has 2 heterocycles. The first-order valence-electron chi connectivity index (χ1n) is 9.78. The minimum atomic E-state index is -1.04. The molecule has 2 aromatic rings. The van der Waals surface area contributed by atoms with E-state index in [2.05, 4.69) is 26.7 Å². The molecule has 1 aliphatic carbocycles. The Bertz CT molecular complexity index is 1110. The molecule has 4 nitrogen and oxygen atoms in total. The van der Waals surface area contributed by atoms with E-state index >= 15 is 0 Å². The number of benzene rings is 1. The lowest BCUT2D eigenvalue weighted by atomic mass is 10.0. The second-order valence-corrected chi connectivity index (χ2v) is 7.53. The summed E-state index contributed by atoms with van der Waals surface area (Å²) in [6.45, 7) is 1.77. The van der Waals surface area contributed by atoms with Crippen LogP contribution in [0.5, 0.6) is 5.75 Å². The summed E-state index contributed by atoms with van der Waals surface area (Å²) in [6, 6.07) is 9.54. The Labute approximate surface area is 170 Å². The molecule has 0 amide bonds. The van der Waals surface area contributed by atoms with Crippen molar-refractivity contribution in [3.05, 3.63) is 70.2 Å². The van der Waals surface area contributed by atoms with Crippen LogP contribution in [0.1, 0.15) is 25.5 Å². The summed E-state index contributed by atoms with van der Waals surface area (Å²) in [5.74, 6) is 8.10. The van der Waals surface area contributed by atoms with Gasteiger partial charge in [0.15, 0.2) is 0 Å². The number of aromatic amines is 1. The highest BCUT2D eigenvalue weighted by Crippen LogP contribution is 2.24. The van der Waals surface area contributed by atoms with Crippen molar-refractivity contribution < 1.29 is 9.13 Å². The molecule has 0 spiro atoms. The van der Waals surface area contributed by atoms with E-state index in [0.29, 0.717) is 5.49 Å². The predicted octanol–water partition coefficient (Wildman–Crippen LogP) is 3.26. The number of hydrogen-bond donors (Lipinski definition) is 1. The van der Waals surface area contributed by atoms with Crippen LogP contribution in [-0.4, -0.2) is 31.3 Å². The number of halogens is 1. The van der Waals surface area contributed by atoms with Crippen LogP contribution in [-0.2, 0) is 0 Å². The third-order valence-corrected chi connectivity index (χ3v) is 5.03. The number of aromatic nitrogens is 1. The lowest BCUT2D eigenvalue weighted by molar-refractivity contribution is 0.364. The smallest absolute Gasteiger partial charge is 0.141 e. The molecule has 2 aliphatic rings. The number of H-pyrrole nitrogens is 1. The first kappa shape index (κ1) is 19.1. The van der Waals surface area contributed by atoms with E-state index in [1.54, 1.807) is 13.0 Å². The van der Waals surface area contributed by atoms with Crippen LogP contribution in [0, 0.1) is 11.8 Å². The summed E-state index contributed by atoms with van der Waals surface area (Å²) in [4.78, 5) is 9.56. The fourth-order valence-corrected chi connectivity index (χ4v) is 3.27. The van der Waals surface area contributed by atoms with Crippen LogP contribution < -0.4 is 20.3 Å². The topological polar surface area (TPSA) is 40.6 Å². The molecule has 2 atom stereocenters. The number of anilines is 1. The van der Waals surface area contributed by atoms with E-state index in [9.17, 15) is 4.39 Å². The van der Waals surface area contributed by atoms with Gasteiger partial charge < -0.3 is 14.6 Å². The molecule has 0 fully saturated rings. The number of nitrogens with zero attached hydrogens (tertiary/aromatic N) is 2. The predicted molar refractivity (Wildman–Crippen MR) is 114 cm³/mol. The van der Waals surface area contributed by atoms with Gasteiger partial charge in [0.1, 0.15) is 23.2 Å². The van der Waals surface area contributed by atoms with Crippen molar-refractivity contribution in [2.75, 3.05) is 19.0 Å². The molecule has 1 aromatic heterocycles. The quantitative estimate of drug-likeness (QED) is 0.819. The Morgan fingerprint density at radius 1 is 1.14 bits per heavy atom. The molecule has 1 N–H and O–H groups in total. The van der Waals surface area contributed by atoms with E-state index in [1.165, 1.54) is 0 Å². The van der Waals surface area contributed by atoms with Gasteiger partial charge in [-0.25, -0.2) is 4.39 Å². The zero-order valence-corrected chi connectivity index (χ0v) is 16.9. The molecule has 0 radical (unpaired) electrons. The molecule has 148 valence electrons. The van der Waals surface area contributed by atoms with Gasteiger partial charge in [-0.05, 0) is 67.8 Å². The molecule has 5 heteroatoms. The van der Waals surface area contributed by atoms with Gasteiger partial charge in [-0.2, -0.15) is 0 Å². The Balaban J connectivity index is 1.44. The molecule has 0 saturated carbocycles. The highest BCUT2D eigenvalue weighted by molar-refractivity contribution is 5.48. The van der Waals surface area contributed by atoms with Gasteiger partial charge in [0, 0.05) is 37.0 Å². The van der Waals surface area contributed by atoms with Crippen molar-refractivity contribution in [2.24, 2.45) is 4.99 Å². The highest BCUT2D eigenvalue weighted by Gasteiger charge is 2.16. The van der Waals surface area contributed by atoms with E-state index in [4.69, 9.17) is 4.74 Å². The number of hydrogen-bond acceptors (Lipinski definition) is 3. The number of allylic oxidation sites excluding steroid dienone is 4. The highest BCUT2D eigenvalue weighted by atomic mass is 19.1. The minimum Gasteiger partial charge on any atom is -0.462 e. The minimum absolute atomic E-state index is 0.356. The number of nitrogens with one attached hydrogen (secondary N) is 1. The average Bonchev–Trinajstić information content (AvgIpc) is 3.10. The van der Waals surface area contributed by atoms with Crippen molar-refractivity contribution in [2.45, 2.75) is 32.0 Å². The zero-order valence-electron chi connectivity index (χ0n) is 16.9. The Hall–Kier alpha value is -3.26. The van der Waals surface area contributed by atoms with Gasteiger partial charge in [-0.15, -0.1) is 0 Å². The van der Waals surface area contributed by atoms with Crippen LogP contribution in [0.2, 0.25) is 0 Å². The van der Waals surface area contributed by atoms with E-state index in [0.717, 1.165) is 46.5 Å². The summed E-state index contributed by atoms with van der Waals surface area (Å²) in [7, 11) is 4.03. The molecular formula is C24H24FN3O. The molecule has 2 unspecified atom stereocenters. The largest absolute Gasteiger partial charge is 0.462 e. The summed E-state index contributed by atoms with van der Waals surface area (Å²) >= 11 is 0. The number of fused-ring (bicyclic) bond motifs is 1. The second kappa shape index (κ2) is 8.00. The summed E-state index contributed by atoms with van der Waals surface area (Å²) < 4.78 is 19.7. The average molecular weight is 389 g/mol. The van der Waals surface area contributed by atoms with Gasteiger partial charge in [-0.1, -0.05) is 5.92 Å². The lowest BCUT2D eigenvalue weighted by Gasteiger charge is -2.15. The summed E-state index contributed by atoms with van der Waals surface area (Å²) in [6.07, 6.45) is 6.18. The van der Waals surface area contributed by atoms with Gasteiger partial charge in [0.05, 0.1) is 11.7 Å². The molecular weight excluding hydrogens is 365 g/mol. The molecule has 29 heavy (non-hydrogen) atoms. The van der Waals surface area contributed by atoms with Crippen LogP contribution in [0.3, 0.4) is 0 Å². The van der Waals surface area contributed by atoms with Gasteiger partial charge >= 0.3 is 0 Å². The summed E-state index contributed by atoms with van der Waals surface area (Å²) in [5.41, 5.74) is 3.65. The van der Waals surface area contributed by atoms with Crippen LogP contribution in [0.4, 0.5) is 10.1 Å². The third-order valence-electron chi connectivity index (χ3n) is 5.03. The normalized spacial score (nSPS) is 20.1. The van der Waals surface area contributed by atoms with Crippen LogP contribution in [0.15, 0.2) is 58.8 Å². The number of alkyl halides is 1. The lowest BCUT2D eigenvalue weighted by Crippen LogP contribution is -2.34. The number of rotatable bonds is 3. The van der Waals surface area contributed by atoms with Crippen LogP contribution >= 0.6 is 0 Å². The zero-order chi connectivity index (χ0) is 20.4. The van der Waals surface area contributed by atoms with Gasteiger partial charge in [0.25, 0.3) is 0 Å². The van der Waals surface area contributed by atoms with Crippen molar-refractivity contribution in [1.29, 1.82) is 0 Å². The SMILES string of the molecule is CC1N=c2[nH]c(C#CC3=CC=C(Oc4ccc(N(C)C)cc4)CC3)cc2=CC1F. The molecule has 0 bridgehead atoms. The van der Waals surface area contributed by atoms with Crippen LogP contribution in [0.25, 0.3) is 6.08 Å². The number of ether oxygens (including phenoxy) is 1. The summed E-state index contributed by atoms with van der Waals surface area (Å²) in [5, 5.41) is 0.786. The van der Waals surface area contributed by atoms with Crippen molar-refractivity contribution in [3.8, 4) is 17.6 Å². The van der Waals surface area contributed by atoms with Gasteiger partial charge in [0.2, 0.25) is 0 Å². The first-order chi connectivity index (χ1) is 14.0. The van der Waals surface area contributed by atoms with E-state index in [-0.39, 0.29) is 6.04 Å². The Morgan fingerprint density at radius 3 is 2.62 bits per heavy atom. The Morgan fingerprint density at radius 2 is 1.93 bits per heavy atom. The monoisotopic (exact) mass is 389 g/mol. The fourth-order valence-electron chi connectivity index (χ4n) is 3.27. The maximum Gasteiger partial charge on any atom is 0.141 e. The fraction of sp³-hybridized carbons (Fsp3) is 0.292. The molecule has 4 rings (SSSR count). The maximum absolute atomic E-state index is 13.8. The standard InChI is InChI=1S/C24H24FN3O/c1-16-23(25)15-18-14-19(27-24(18)26-16)7-4-17-5-10-21(11-6-17)29-22-12-8-20(9-13-22)28(2)3/h5,8-10,12-16,23H,6,11H2,1-3H3,(H,26,27). The van der Waals surface area contributed by atoms with Gasteiger partial charge in [-0.3, -0.25) is 4.99 Å².